The van der Waals surface area contributed by atoms with Crippen molar-refractivity contribution >= 4 is 11.5 Å². The smallest absolute Gasteiger partial charge is 0.137 e. The van der Waals surface area contributed by atoms with Gasteiger partial charge in [-0.05, 0) is 24.3 Å². The zero-order chi connectivity index (χ0) is 14.9. The summed E-state index contributed by atoms with van der Waals surface area (Å²) in [6, 6.07) is 9.89. The molecule has 0 amide bonds. The number of hydrogen-bond donors (Lipinski definition) is 2. The summed E-state index contributed by atoms with van der Waals surface area (Å²) in [4.78, 5) is 8.85. The van der Waals surface area contributed by atoms with Crippen molar-refractivity contribution < 1.29 is 0 Å². The minimum Gasteiger partial charge on any atom is -0.373 e. The number of nitrogens with zero attached hydrogens (tertiary/aromatic N) is 4. The van der Waals surface area contributed by atoms with Gasteiger partial charge < -0.3 is 5.32 Å². The van der Waals surface area contributed by atoms with Crippen LogP contribution in [-0.2, 0) is 0 Å². The number of imidazole rings is 1. The lowest BCUT2D eigenvalue weighted by atomic mass is 10.1. The van der Waals surface area contributed by atoms with Gasteiger partial charge in [0.1, 0.15) is 11.5 Å². The van der Waals surface area contributed by atoms with E-state index in [1.807, 2.05) is 54.2 Å². The van der Waals surface area contributed by atoms with Crippen LogP contribution < -0.4 is 5.32 Å². The van der Waals surface area contributed by atoms with Crippen LogP contribution in [0.25, 0.3) is 28.2 Å². The maximum Gasteiger partial charge on any atom is 0.137 e. The van der Waals surface area contributed by atoms with Gasteiger partial charge in [0.05, 0.1) is 23.8 Å². The lowest BCUT2D eigenvalue weighted by molar-refractivity contribution is 1.09. The molecule has 22 heavy (non-hydrogen) atoms. The molecular weight excluding hydrogens is 276 g/mol. The summed E-state index contributed by atoms with van der Waals surface area (Å²) in [5, 5.41) is 10.1. The van der Waals surface area contributed by atoms with Crippen molar-refractivity contribution in [1.82, 2.24) is 24.6 Å². The predicted octanol–water partition coefficient (Wildman–Crippen LogP) is 2.83. The van der Waals surface area contributed by atoms with Crippen molar-refractivity contribution in [3.05, 3.63) is 55.1 Å². The Labute approximate surface area is 126 Å². The zero-order valence-corrected chi connectivity index (χ0v) is 12.0. The molecule has 4 heterocycles. The van der Waals surface area contributed by atoms with E-state index < -0.39 is 0 Å². The molecule has 4 aromatic heterocycles. The first kappa shape index (κ1) is 12.6. The number of hydrogen-bond acceptors (Lipinski definition) is 4. The molecule has 0 radical (unpaired) electrons. The summed E-state index contributed by atoms with van der Waals surface area (Å²) in [7, 11) is 1.87. The van der Waals surface area contributed by atoms with Gasteiger partial charge >= 0.3 is 0 Å². The summed E-state index contributed by atoms with van der Waals surface area (Å²) >= 11 is 0. The van der Waals surface area contributed by atoms with E-state index in [1.54, 1.807) is 6.20 Å². The van der Waals surface area contributed by atoms with Gasteiger partial charge in [-0.3, -0.25) is 14.5 Å². The highest BCUT2D eigenvalue weighted by molar-refractivity contribution is 5.75. The van der Waals surface area contributed by atoms with Crippen molar-refractivity contribution in [2.75, 3.05) is 12.4 Å². The first-order valence-corrected chi connectivity index (χ1v) is 6.97. The van der Waals surface area contributed by atoms with Crippen molar-refractivity contribution in [3.63, 3.8) is 0 Å². The summed E-state index contributed by atoms with van der Waals surface area (Å²) in [6.45, 7) is 0. The van der Waals surface area contributed by atoms with Gasteiger partial charge in [-0.25, -0.2) is 4.98 Å². The molecule has 6 nitrogen and oxygen atoms in total. The zero-order valence-electron chi connectivity index (χ0n) is 12.0. The van der Waals surface area contributed by atoms with Crippen LogP contribution in [0.3, 0.4) is 0 Å². The summed E-state index contributed by atoms with van der Waals surface area (Å²) < 4.78 is 2.05. The highest BCUT2D eigenvalue weighted by Crippen LogP contribution is 2.27. The van der Waals surface area contributed by atoms with E-state index in [9.17, 15) is 0 Å². The van der Waals surface area contributed by atoms with E-state index in [0.29, 0.717) is 0 Å². The summed E-state index contributed by atoms with van der Waals surface area (Å²) in [6.07, 6.45) is 7.49. The normalized spacial score (nSPS) is 11.0. The molecule has 4 rings (SSSR count). The number of rotatable bonds is 3. The lowest BCUT2D eigenvalue weighted by Gasteiger charge is -2.05. The van der Waals surface area contributed by atoms with Crippen molar-refractivity contribution in [1.29, 1.82) is 0 Å². The fraction of sp³-hybridized carbons (Fsp3) is 0.0625. The molecule has 0 aliphatic rings. The topological polar surface area (TPSA) is 70.9 Å². The third-order valence-corrected chi connectivity index (χ3v) is 3.63. The monoisotopic (exact) mass is 290 g/mol. The molecule has 0 unspecified atom stereocenters. The van der Waals surface area contributed by atoms with Gasteiger partial charge in [-0.2, -0.15) is 5.10 Å². The number of pyridine rings is 2. The fourth-order valence-electron chi connectivity index (χ4n) is 2.54. The van der Waals surface area contributed by atoms with Crippen molar-refractivity contribution in [2.24, 2.45) is 0 Å². The lowest BCUT2D eigenvalue weighted by Crippen LogP contribution is -1.93. The van der Waals surface area contributed by atoms with Crippen LogP contribution in [0, 0.1) is 0 Å². The molecule has 4 aromatic rings. The van der Waals surface area contributed by atoms with Crippen LogP contribution >= 0.6 is 0 Å². The second-order valence-electron chi connectivity index (χ2n) is 4.91. The van der Waals surface area contributed by atoms with E-state index in [0.717, 1.165) is 34.0 Å². The van der Waals surface area contributed by atoms with Gasteiger partial charge in [0, 0.05) is 30.6 Å². The minimum absolute atomic E-state index is 0.888. The van der Waals surface area contributed by atoms with Gasteiger partial charge in [0.25, 0.3) is 0 Å². The third kappa shape index (κ3) is 1.93. The van der Waals surface area contributed by atoms with E-state index in [2.05, 4.69) is 31.7 Å². The van der Waals surface area contributed by atoms with E-state index in [4.69, 9.17) is 0 Å². The number of nitrogens with one attached hydrogen (secondary N) is 2. The van der Waals surface area contributed by atoms with Crippen LogP contribution in [0.5, 0.6) is 0 Å². The SMILES string of the molecule is CNc1[nH]ncc1-c1ccc2ncc(-c3ccccn3)n2c1. The molecule has 0 fully saturated rings. The van der Waals surface area contributed by atoms with Crippen LogP contribution in [0.15, 0.2) is 55.1 Å². The Morgan fingerprint density at radius 1 is 1.09 bits per heavy atom. The molecule has 0 aliphatic carbocycles. The standard InChI is InChI=1S/C16H14N6/c1-17-16-12(8-20-21-16)11-5-6-15-19-9-14(22(15)10-11)13-4-2-3-7-18-13/h2-10H,1H3,(H2,17,20,21). The number of aromatic nitrogens is 5. The molecule has 2 N–H and O–H groups in total. The maximum absolute atomic E-state index is 4.44. The fourth-order valence-corrected chi connectivity index (χ4v) is 2.54. The molecule has 0 saturated heterocycles. The summed E-state index contributed by atoms with van der Waals surface area (Å²) in [5.74, 6) is 0.888. The molecule has 0 atom stereocenters. The second-order valence-corrected chi connectivity index (χ2v) is 4.91. The Bertz CT molecular complexity index is 922. The number of fused-ring (bicyclic) bond motifs is 1. The van der Waals surface area contributed by atoms with Crippen LogP contribution in [0.2, 0.25) is 0 Å². The predicted molar refractivity (Wildman–Crippen MR) is 85.6 cm³/mol. The molecule has 6 heteroatoms. The average molecular weight is 290 g/mol. The van der Waals surface area contributed by atoms with Crippen molar-refractivity contribution in [3.8, 4) is 22.5 Å². The van der Waals surface area contributed by atoms with E-state index >= 15 is 0 Å². The highest BCUT2D eigenvalue weighted by Gasteiger charge is 2.10. The molecule has 0 saturated carbocycles. The Kier molecular flexibility index (Phi) is 2.86. The minimum atomic E-state index is 0.888. The summed E-state index contributed by atoms with van der Waals surface area (Å²) in [5.41, 5.74) is 4.82. The first-order valence-electron chi connectivity index (χ1n) is 6.97. The van der Waals surface area contributed by atoms with E-state index in [-0.39, 0.29) is 0 Å². The number of H-pyrrole nitrogens is 1. The number of aromatic amines is 1. The Morgan fingerprint density at radius 3 is 2.86 bits per heavy atom. The largest absolute Gasteiger partial charge is 0.373 e. The molecular formula is C16H14N6. The first-order chi connectivity index (χ1) is 10.9. The quantitative estimate of drug-likeness (QED) is 0.608. The van der Waals surface area contributed by atoms with Crippen LogP contribution in [0.1, 0.15) is 0 Å². The van der Waals surface area contributed by atoms with Gasteiger partial charge in [-0.15, -0.1) is 0 Å². The molecule has 108 valence electrons. The van der Waals surface area contributed by atoms with Gasteiger partial charge in [0.2, 0.25) is 0 Å². The van der Waals surface area contributed by atoms with Crippen LogP contribution in [0.4, 0.5) is 5.82 Å². The van der Waals surface area contributed by atoms with Crippen LogP contribution in [-0.4, -0.2) is 31.6 Å². The second kappa shape index (κ2) is 5.00. The average Bonchev–Trinajstić information content (AvgIpc) is 3.21. The Balaban J connectivity index is 1.90. The third-order valence-electron chi connectivity index (χ3n) is 3.63. The maximum atomic E-state index is 4.44. The number of anilines is 1. The molecule has 0 spiro atoms. The molecule has 0 bridgehead atoms. The highest BCUT2D eigenvalue weighted by atomic mass is 15.2. The van der Waals surface area contributed by atoms with Crippen molar-refractivity contribution in [2.45, 2.75) is 0 Å². The Morgan fingerprint density at radius 2 is 2.05 bits per heavy atom. The van der Waals surface area contributed by atoms with Gasteiger partial charge in [0.15, 0.2) is 0 Å². The van der Waals surface area contributed by atoms with Gasteiger partial charge in [-0.1, -0.05) is 6.07 Å². The molecule has 0 aromatic carbocycles. The molecule has 0 aliphatic heterocycles. The Hall–Kier alpha value is -3.15. The van der Waals surface area contributed by atoms with E-state index in [1.165, 1.54) is 0 Å².